The number of carboxylic acids is 1. The van der Waals surface area contributed by atoms with Crippen LogP contribution in [0.5, 0.6) is 0 Å². The minimum absolute atomic E-state index is 0.328. The first-order valence-corrected chi connectivity index (χ1v) is 4.85. The number of carbonyl (C=O) groups is 1. The lowest BCUT2D eigenvalue weighted by molar-refractivity contribution is 0.0697. The van der Waals surface area contributed by atoms with Crippen LogP contribution in [0, 0.1) is 0 Å². The van der Waals surface area contributed by atoms with Gasteiger partial charge in [-0.15, -0.1) is 11.3 Å². The molecule has 2 rings (SSSR count). The van der Waals surface area contributed by atoms with Crippen LogP contribution in [0.3, 0.4) is 0 Å². The summed E-state index contributed by atoms with van der Waals surface area (Å²) in [4.78, 5) is 11.6. The number of thiophene rings is 1. The van der Waals surface area contributed by atoms with E-state index in [0.29, 0.717) is 5.56 Å². The molecular formula is C9H8N2O2S. The predicted molar refractivity (Wildman–Crippen MR) is 53.5 cm³/mol. The predicted octanol–water partition coefficient (Wildman–Crippen LogP) is 1.85. The van der Waals surface area contributed by atoms with Gasteiger partial charge in [0.1, 0.15) is 0 Å². The second-order valence-corrected chi connectivity index (χ2v) is 3.82. The van der Waals surface area contributed by atoms with Gasteiger partial charge in [0.05, 0.1) is 11.8 Å². The lowest BCUT2D eigenvalue weighted by atomic mass is 10.2. The molecular weight excluding hydrogens is 200 g/mol. The second kappa shape index (κ2) is 3.26. The fraction of sp³-hybridized carbons (Fsp3) is 0.111. The van der Waals surface area contributed by atoms with Crippen molar-refractivity contribution in [1.82, 2.24) is 9.78 Å². The summed E-state index contributed by atoms with van der Waals surface area (Å²) >= 11 is 1.41. The zero-order valence-electron chi connectivity index (χ0n) is 7.47. The zero-order chi connectivity index (χ0) is 10.1. The maximum Gasteiger partial charge on any atom is 0.336 e. The van der Waals surface area contributed by atoms with E-state index in [2.05, 4.69) is 5.10 Å². The van der Waals surface area contributed by atoms with Gasteiger partial charge in [0.2, 0.25) is 0 Å². The molecule has 0 fully saturated rings. The maximum absolute atomic E-state index is 10.6. The Morgan fingerprint density at radius 3 is 2.93 bits per heavy atom. The number of hydrogen-bond acceptors (Lipinski definition) is 3. The van der Waals surface area contributed by atoms with E-state index in [9.17, 15) is 4.79 Å². The standard InChI is InChI=1S/C9H8N2O2S/c1-11-4-7(3-10-11)8-2-6(5-14-8)9(12)13/h2-5H,1H3,(H,12,13). The molecule has 0 radical (unpaired) electrons. The van der Waals surface area contributed by atoms with Crippen LogP contribution in [0.15, 0.2) is 23.8 Å². The van der Waals surface area contributed by atoms with Crippen LogP contribution in [0.1, 0.15) is 10.4 Å². The van der Waals surface area contributed by atoms with Crippen molar-refractivity contribution in [1.29, 1.82) is 0 Å². The SMILES string of the molecule is Cn1cc(-c2cc(C(=O)O)cs2)cn1. The van der Waals surface area contributed by atoms with Gasteiger partial charge in [0.15, 0.2) is 0 Å². The normalized spacial score (nSPS) is 10.4. The van der Waals surface area contributed by atoms with Crippen molar-refractivity contribution in [3.8, 4) is 10.4 Å². The van der Waals surface area contributed by atoms with E-state index in [4.69, 9.17) is 5.11 Å². The van der Waals surface area contributed by atoms with Gasteiger partial charge < -0.3 is 5.11 Å². The summed E-state index contributed by atoms with van der Waals surface area (Å²) in [6.07, 6.45) is 3.58. The van der Waals surface area contributed by atoms with Gasteiger partial charge in [-0.1, -0.05) is 0 Å². The molecule has 0 amide bonds. The Labute approximate surface area is 84.4 Å². The number of aromatic nitrogens is 2. The van der Waals surface area contributed by atoms with Crippen molar-refractivity contribution in [2.75, 3.05) is 0 Å². The summed E-state index contributed by atoms with van der Waals surface area (Å²) in [5.41, 5.74) is 1.28. The van der Waals surface area contributed by atoms with Crippen molar-refractivity contribution in [3.63, 3.8) is 0 Å². The largest absolute Gasteiger partial charge is 0.478 e. The monoisotopic (exact) mass is 208 g/mol. The van der Waals surface area contributed by atoms with Crippen LogP contribution in [-0.4, -0.2) is 20.9 Å². The van der Waals surface area contributed by atoms with E-state index in [1.54, 1.807) is 22.3 Å². The molecule has 72 valence electrons. The second-order valence-electron chi connectivity index (χ2n) is 2.91. The molecule has 2 heterocycles. The third-order valence-corrected chi connectivity index (χ3v) is 2.82. The third-order valence-electron chi connectivity index (χ3n) is 1.84. The van der Waals surface area contributed by atoms with Crippen molar-refractivity contribution < 1.29 is 9.90 Å². The van der Waals surface area contributed by atoms with E-state index in [0.717, 1.165) is 10.4 Å². The van der Waals surface area contributed by atoms with Gasteiger partial charge in [-0.25, -0.2) is 4.79 Å². The average Bonchev–Trinajstić information content (AvgIpc) is 2.70. The Morgan fingerprint density at radius 1 is 1.64 bits per heavy atom. The van der Waals surface area contributed by atoms with Crippen LogP contribution in [-0.2, 0) is 7.05 Å². The first-order chi connectivity index (χ1) is 6.66. The van der Waals surface area contributed by atoms with E-state index in [-0.39, 0.29) is 0 Å². The molecule has 0 aliphatic carbocycles. The highest BCUT2D eigenvalue weighted by molar-refractivity contribution is 7.13. The van der Waals surface area contributed by atoms with Crippen molar-refractivity contribution in [2.24, 2.45) is 7.05 Å². The smallest absolute Gasteiger partial charge is 0.336 e. The van der Waals surface area contributed by atoms with Gasteiger partial charge in [-0.2, -0.15) is 5.10 Å². The van der Waals surface area contributed by atoms with Crippen LogP contribution in [0.2, 0.25) is 0 Å². The fourth-order valence-electron chi connectivity index (χ4n) is 1.15. The molecule has 0 aliphatic heterocycles. The maximum atomic E-state index is 10.6. The molecule has 2 aromatic heterocycles. The number of rotatable bonds is 2. The molecule has 0 atom stereocenters. The minimum atomic E-state index is -0.892. The van der Waals surface area contributed by atoms with E-state index in [1.807, 2.05) is 13.2 Å². The number of hydrogen-bond donors (Lipinski definition) is 1. The Hall–Kier alpha value is -1.62. The molecule has 0 saturated heterocycles. The molecule has 0 aromatic carbocycles. The average molecular weight is 208 g/mol. The highest BCUT2D eigenvalue weighted by atomic mass is 32.1. The molecule has 4 nitrogen and oxygen atoms in total. The molecule has 0 saturated carbocycles. The quantitative estimate of drug-likeness (QED) is 0.819. The number of aromatic carboxylic acids is 1. The van der Waals surface area contributed by atoms with Crippen LogP contribution < -0.4 is 0 Å². The summed E-state index contributed by atoms with van der Waals surface area (Å²) in [5, 5.41) is 14.4. The molecule has 0 aliphatic rings. The molecule has 0 unspecified atom stereocenters. The highest BCUT2D eigenvalue weighted by Gasteiger charge is 2.08. The summed E-state index contributed by atoms with van der Waals surface area (Å²) in [5.74, 6) is -0.892. The Bertz CT molecular complexity index is 473. The lowest BCUT2D eigenvalue weighted by Gasteiger charge is -1.87. The molecule has 0 bridgehead atoms. The molecule has 5 heteroatoms. The van der Waals surface area contributed by atoms with Gasteiger partial charge in [-0.3, -0.25) is 4.68 Å². The third kappa shape index (κ3) is 1.54. The van der Waals surface area contributed by atoms with Gasteiger partial charge >= 0.3 is 5.97 Å². The van der Waals surface area contributed by atoms with Crippen LogP contribution in [0.25, 0.3) is 10.4 Å². The molecule has 2 aromatic rings. The fourth-order valence-corrected chi connectivity index (χ4v) is 2.01. The molecule has 14 heavy (non-hydrogen) atoms. The Balaban J connectivity index is 2.38. The highest BCUT2D eigenvalue weighted by Crippen LogP contribution is 2.26. The Morgan fingerprint density at radius 2 is 2.43 bits per heavy atom. The van der Waals surface area contributed by atoms with Crippen molar-refractivity contribution >= 4 is 17.3 Å². The molecule has 1 N–H and O–H groups in total. The van der Waals surface area contributed by atoms with Crippen molar-refractivity contribution in [2.45, 2.75) is 0 Å². The first kappa shape index (κ1) is 8.96. The number of carboxylic acid groups (broad SMARTS) is 1. The minimum Gasteiger partial charge on any atom is -0.478 e. The number of nitrogens with zero attached hydrogens (tertiary/aromatic N) is 2. The lowest BCUT2D eigenvalue weighted by Crippen LogP contribution is -1.91. The summed E-state index contributed by atoms with van der Waals surface area (Å²) < 4.78 is 1.69. The first-order valence-electron chi connectivity index (χ1n) is 3.97. The Kier molecular flexibility index (Phi) is 2.09. The summed E-state index contributed by atoms with van der Waals surface area (Å²) in [6, 6.07) is 1.66. The van der Waals surface area contributed by atoms with Gasteiger partial charge in [0.25, 0.3) is 0 Å². The van der Waals surface area contributed by atoms with E-state index >= 15 is 0 Å². The van der Waals surface area contributed by atoms with Gasteiger partial charge in [0, 0.05) is 29.1 Å². The summed E-state index contributed by atoms with van der Waals surface area (Å²) in [7, 11) is 1.83. The van der Waals surface area contributed by atoms with E-state index in [1.165, 1.54) is 11.3 Å². The van der Waals surface area contributed by atoms with E-state index < -0.39 is 5.97 Å². The van der Waals surface area contributed by atoms with Crippen LogP contribution in [0.4, 0.5) is 0 Å². The summed E-state index contributed by atoms with van der Waals surface area (Å²) in [6.45, 7) is 0. The zero-order valence-corrected chi connectivity index (χ0v) is 8.28. The molecule has 0 spiro atoms. The van der Waals surface area contributed by atoms with Gasteiger partial charge in [-0.05, 0) is 6.07 Å². The topological polar surface area (TPSA) is 55.1 Å². The van der Waals surface area contributed by atoms with Crippen molar-refractivity contribution in [3.05, 3.63) is 29.4 Å². The van der Waals surface area contributed by atoms with Crippen LogP contribution >= 0.6 is 11.3 Å². The number of aryl methyl sites for hydroxylation is 1.